The van der Waals surface area contributed by atoms with Gasteiger partial charge < -0.3 is 5.32 Å². The van der Waals surface area contributed by atoms with Gasteiger partial charge in [0.25, 0.3) is 10.1 Å². The van der Waals surface area contributed by atoms with Gasteiger partial charge >= 0.3 is 0 Å². The van der Waals surface area contributed by atoms with Crippen LogP contribution in [-0.2, 0) is 24.0 Å². The minimum absolute atomic E-state index is 0.0522. The predicted molar refractivity (Wildman–Crippen MR) is 87.3 cm³/mol. The summed E-state index contributed by atoms with van der Waals surface area (Å²) in [7, 11) is -3.46. The quantitative estimate of drug-likeness (QED) is 0.461. The second kappa shape index (κ2) is 6.53. The van der Waals surface area contributed by atoms with Gasteiger partial charge in [0.1, 0.15) is 0 Å². The van der Waals surface area contributed by atoms with Gasteiger partial charge in [0.05, 0.1) is 23.6 Å². The number of benzene rings is 1. The number of alkyl halides is 1. The van der Waals surface area contributed by atoms with E-state index in [2.05, 4.69) is 9.50 Å². The van der Waals surface area contributed by atoms with Crippen LogP contribution in [0.25, 0.3) is 0 Å². The number of hydrogen-bond acceptors (Lipinski definition) is 4. The molecule has 0 aromatic heterocycles. The van der Waals surface area contributed by atoms with Crippen LogP contribution >= 0.6 is 34.8 Å². The first-order valence-electron chi connectivity index (χ1n) is 6.48. The third-order valence-corrected chi connectivity index (χ3v) is 4.97. The molecule has 0 spiro atoms. The first-order valence-corrected chi connectivity index (χ1v) is 9.43. The maximum Gasteiger partial charge on any atom is 0.264 e. The lowest BCUT2D eigenvalue weighted by Gasteiger charge is -2.19. The molecule has 5 nitrogen and oxygen atoms in total. The molecule has 22 heavy (non-hydrogen) atoms. The monoisotopic (exact) mass is 385 g/mol. The molecule has 0 bridgehead atoms. The fourth-order valence-corrected chi connectivity index (χ4v) is 3.57. The lowest BCUT2D eigenvalue weighted by molar-refractivity contribution is -0.118. The number of nitrogens with one attached hydrogen (secondary N) is 1. The number of carbonyl (C=O) groups excluding carboxylic acids is 1. The molecule has 0 radical (unpaired) electrons. The van der Waals surface area contributed by atoms with Gasteiger partial charge in [-0.2, -0.15) is 8.42 Å². The molecule has 1 aromatic carbocycles. The molecule has 1 heterocycles. The van der Waals surface area contributed by atoms with Crippen LogP contribution in [0.5, 0.6) is 0 Å². The zero-order valence-electron chi connectivity index (χ0n) is 11.7. The highest BCUT2D eigenvalue weighted by Gasteiger charge is 2.45. The number of rotatable bonds is 6. The van der Waals surface area contributed by atoms with E-state index in [1.54, 1.807) is 6.07 Å². The van der Waals surface area contributed by atoms with Crippen molar-refractivity contribution in [3.63, 3.8) is 0 Å². The summed E-state index contributed by atoms with van der Waals surface area (Å²) in [4.78, 5) is 10.9. The highest BCUT2D eigenvalue weighted by molar-refractivity contribution is 7.85. The lowest BCUT2D eigenvalue weighted by atomic mass is 9.94. The summed E-state index contributed by atoms with van der Waals surface area (Å²) < 4.78 is 26.4. The van der Waals surface area contributed by atoms with Crippen LogP contribution in [-0.4, -0.2) is 27.2 Å². The van der Waals surface area contributed by atoms with Gasteiger partial charge in [-0.3, -0.25) is 8.98 Å². The first kappa shape index (κ1) is 17.8. The Bertz CT molecular complexity index is 707. The summed E-state index contributed by atoms with van der Waals surface area (Å²) >= 11 is 18.5. The second-order valence-corrected chi connectivity index (χ2v) is 8.18. The Morgan fingerprint density at radius 2 is 1.95 bits per heavy atom. The fourth-order valence-electron chi connectivity index (χ4n) is 2.28. The van der Waals surface area contributed by atoms with Crippen LogP contribution in [0.3, 0.4) is 0 Å². The minimum Gasteiger partial charge on any atom is -0.323 e. The summed E-state index contributed by atoms with van der Waals surface area (Å²) in [6, 6.07) is 3.14. The molecule has 1 atom stereocenters. The van der Waals surface area contributed by atoms with Gasteiger partial charge in [-0.1, -0.05) is 23.2 Å². The number of fused-ring (bicyclic) bond motifs is 1. The average Bonchev–Trinajstić information content (AvgIpc) is 2.62. The van der Waals surface area contributed by atoms with Gasteiger partial charge in [-0.25, -0.2) is 0 Å². The van der Waals surface area contributed by atoms with E-state index >= 15 is 0 Å². The summed E-state index contributed by atoms with van der Waals surface area (Å²) in [5.41, 5.74) is 1.01. The Morgan fingerprint density at radius 3 is 2.59 bits per heavy atom. The normalized spacial score (nSPS) is 20.8. The maximum absolute atomic E-state index is 12.2. The van der Waals surface area contributed by atoms with Gasteiger partial charge in [0.2, 0.25) is 5.91 Å². The molecule has 0 saturated carbocycles. The Kier molecular flexibility index (Phi) is 5.29. The zero-order valence-corrected chi connectivity index (χ0v) is 14.7. The van der Waals surface area contributed by atoms with Crippen LogP contribution in [0.4, 0.5) is 5.69 Å². The zero-order chi connectivity index (χ0) is 16.5. The molecular weight excluding hydrogens is 373 g/mol. The van der Waals surface area contributed by atoms with E-state index in [9.17, 15) is 13.2 Å². The molecule has 1 unspecified atom stereocenters. The lowest BCUT2D eigenvalue weighted by Crippen LogP contribution is -2.28. The van der Waals surface area contributed by atoms with Crippen LogP contribution in [0.2, 0.25) is 10.0 Å². The Labute approximate surface area is 144 Å². The first-order chi connectivity index (χ1) is 10.1. The van der Waals surface area contributed by atoms with E-state index in [0.29, 0.717) is 40.6 Å². The van der Waals surface area contributed by atoms with Crippen LogP contribution < -0.4 is 5.32 Å². The summed E-state index contributed by atoms with van der Waals surface area (Å²) in [6.07, 6.45) is 2.27. The van der Waals surface area contributed by atoms with Crippen molar-refractivity contribution in [2.45, 2.75) is 24.1 Å². The number of anilines is 1. The number of halogens is 3. The molecule has 0 saturated heterocycles. The summed E-state index contributed by atoms with van der Waals surface area (Å²) in [5.74, 6) is -0.364. The molecule has 1 aliphatic rings. The highest BCUT2D eigenvalue weighted by atomic mass is 35.5. The summed E-state index contributed by atoms with van der Waals surface area (Å²) in [6.45, 7) is 0.0522. The van der Waals surface area contributed by atoms with Crippen molar-refractivity contribution in [1.82, 2.24) is 0 Å². The molecule has 0 fully saturated rings. The van der Waals surface area contributed by atoms with Crippen molar-refractivity contribution < 1.29 is 17.4 Å². The van der Waals surface area contributed by atoms with Gasteiger partial charge in [-0.15, -0.1) is 11.6 Å². The Hall–Kier alpha value is -0.530. The van der Waals surface area contributed by atoms with Crippen molar-refractivity contribution in [2.75, 3.05) is 18.2 Å². The van der Waals surface area contributed by atoms with Crippen molar-refractivity contribution in [3.05, 3.63) is 27.7 Å². The molecule has 1 aliphatic heterocycles. The predicted octanol–water partition coefficient (Wildman–Crippen LogP) is 3.53. The Morgan fingerprint density at radius 1 is 1.27 bits per heavy atom. The van der Waals surface area contributed by atoms with E-state index in [-0.39, 0.29) is 12.5 Å². The SMILES string of the molecule is CS(=O)(=O)OCCCCC1(Cl)C(=O)Nc2c(Cl)cc(Cl)cc21. The molecule has 1 N–H and O–H groups in total. The second-order valence-electron chi connectivity index (χ2n) is 5.05. The van der Waals surface area contributed by atoms with Crippen molar-refractivity contribution >= 4 is 56.5 Å². The molecule has 2 rings (SSSR count). The number of carbonyl (C=O) groups is 1. The smallest absolute Gasteiger partial charge is 0.264 e. The topological polar surface area (TPSA) is 72.5 Å². The largest absolute Gasteiger partial charge is 0.323 e. The van der Waals surface area contributed by atoms with Crippen LogP contribution in [0.1, 0.15) is 24.8 Å². The molecular formula is C13H14Cl3NO4S. The maximum atomic E-state index is 12.2. The van der Waals surface area contributed by atoms with Gasteiger partial charge in [-0.05, 0) is 31.4 Å². The molecule has 0 aliphatic carbocycles. The molecule has 122 valence electrons. The number of amides is 1. The van der Waals surface area contributed by atoms with Crippen molar-refractivity contribution in [3.8, 4) is 0 Å². The highest BCUT2D eigenvalue weighted by Crippen LogP contribution is 2.48. The molecule has 1 amide bonds. The van der Waals surface area contributed by atoms with E-state index in [4.69, 9.17) is 34.8 Å². The van der Waals surface area contributed by atoms with E-state index in [1.807, 2.05) is 0 Å². The van der Waals surface area contributed by atoms with Crippen LogP contribution in [0.15, 0.2) is 12.1 Å². The fraction of sp³-hybridized carbons (Fsp3) is 0.462. The van der Waals surface area contributed by atoms with Gasteiger partial charge in [0, 0.05) is 10.6 Å². The van der Waals surface area contributed by atoms with E-state index < -0.39 is 15.0 Å². The molecule has 9 heteroatoms. The van der Waals surface area contributed by atoms with Gasteiger partial charge in [0.15, 0.2) is 4.87 Å². The van der Waals surface area contributed by atoms with Crippen molar-refractivity contribution in [2.24, 2.45) is 0 Å². The van der Waals surface area contributed by atoms with Crippen molar-refractivity contribution in [1.29, 1.82) is 0 Å². The molecule has 1 aromatic rings. The summed E-state index contributed by atoms with van der Waals surface area (Å²) in [5, 5.41) is 3.39. The minimum atomic E-state index is -3.46. The van der Waals surface area contributed by atoms with E-state index in [0.717, 1.165) is 6.26 Å². The number of hydrogen-bond donors (Lipinski definition) is 1. The standard InChI is InChI=1S/C13H14Cl3NO4S/c1-22(19,20)21-5-3-2-4-13(16)9-6-8(14)7-10(15)11(9)17-12(13)18/h6-7H,2-5H2,1H3,(H,17,18). The van der Waals surface area contributed by atoms with E-state index in [1.165, 1.54) is 6.07 Å². The van der Waals surface area contributed by atoms with Crippen LogP contribution in [0, 0.1) is 0 Å². The number of unbranched alkanes of at least 4 members (excludes halogenated alkanes) is 1. The Balaban J connectivity index is 2.07. The third kappa shape index (κ3) is 3.86. The third-order valence-electron chi connectivity index (χ3n) is 3.29. The average molecular weight is 387 g/mol.